The summed E-state index contributed by atoms with van der Waals surface area (Å²) in [5, 5.41) is 2.92. The Balaban J connectivity index is 2.85. The van der Waals surface area contributed by atoms with Gasteiger partial charge in [0.15, 0.2) is 0 Å². The third-order valence-electron chi connectivity index (χ3n) is 2.83. The number of nitrogens with one attached hydrogen (secondary N) is 1. The Morgan fingerprint density at radius 3 is 2.00 bits per heavy atom. The highest BCUT2D eigenvalue weighted by molar-refractivity contribution is 5.84. The van der Waals surface area contributed by atoms with Gasteiger partial charge in [0.2, 0.25) is 5.91 Å². The molecule has 1 aliphatic rings. The molecule has 1 aliphatic heterocycles. The topological polar surface area (TPSA) is 29.1 Å². The van der Waals surface area contributed by atoms with E-state index in [0.717, 1.165) is 0 Å². The Morgan fingerprint density at radius 2 is 1.90 bits per heavy atom. The van der Waals surface area contributed by atoms with Crippen molar-refractivity contribution in [3.8, 4) is 0 Å². The molecule has 0 aromatic carbocycles. The lowest BCUT2D eigenvalue weighted by atomic mass is 9.80. The summed E-state index contributed by atoms with van der Waals surface area (Å²) in [4.78, 5) is 11.2. The summed E-state index contributed by atoms with van der Waals surface area (Å²) in [6.45, 7) is 8.16. The van der Waals surface area contributed by atoms with Gasteiger partial charge in [-0.05, 0) is 12.8 Å². The van der Waals surface area contributed by atoms with Gasteiger partial charge >= 0.3 is 0 Å². The molecule has 2 atom stereocenters. The molecule has 1 rings (SSSR count). The number of carbonyl (C=O) groups excluding carboxylic acids is 1. The van der Waals surface area contributed by atoms with Crippen LogP contribution in [-0.2, 0) is 4.79 Å². The molecule has 0 aliphatic carbocycles. The Bertz CT molecular complexity index is 163. The van der Waals surface area contributed by atoms with Crippen LogP contribution >= 0.6 is 0 Å². The lowest BCUT2D eigenvalue weighted by molar-refractivity contribution is -0.126. The molecule has 0 saturated carbocycles. The van der Waals surface area contributed by atoms with E-state index in [4.69, 9.17) is 0 Å². The zero-order valence-corrected chi connectivity index (χ0v) is 7.06. The molecule has 10 heavy (non-hydrogen) atoms. The minimum absolute atomic E-state index is 0.167. The lowest BCUT2D eigenvalue weighted by Gasteiger charge is -2.20. The maximum atomic E-state index is 11.2. The predicted octanol–water partition coefficient (Wildman–Crippen LogP) is 1.17. The van der Waals surface area contributed by atoms with Crippen LogP contribution < -0.4 is 5.32 Å². The van der Waals surface area contributed by atoms with E-state index in [2.05, 4.69) is 19.2 Å². The summed E-state index contributed by atoms with van der Waals surface area (Å²) in [6.07, 6.45) is 0. The van der Waals surface area contributed by atoms with Gasteiger partial charge in [-0.3, -0.25) is 4.79 Å². The van der Waals surface area contributed by atoms with Crippen molar-refractivity contribution in [2.24, 2.45) is 11.3 Å². The van der Waals surface area contributed by atoms with Crippen molar-refractivity contribution in [1.82, 2.24) is 5.32 Å². The standard InChI is InChI=1S/C8H15NO/c1-5-6(2)9-7(10)8(5,3)4/h5-6H,1-4H3,(H,9,10)/t5-,6-/m0/s1. The van der Waals surface area contributed by atoms with E-state index in [0.29, 0.717) is 12.0 Å². The van der Waals surface area contributed by atoms with E-state index in [1.54, 1.807) is 0 Å². The van der Waals surface area contributed by atoms with Gasteiger partial charge in [-0.1, -0.05) is 20.8 Å². The fraction of sp³-hybridized carbons (Fsp3) is 0.875. The molecule has 0 spiro atoms. The molecule has 1 amide bonds. The first-order chi connectivity index (χ1) is 4.46. The second-order valence-electron chi connectivity index (χ2n) is 3.77. The monoisotopic (exact) mass is 141 g/mol. The van der Waals surface area contributed by atoms with Crippen LogP contribution in [0.1, 0.15) is 27.7 Å². The summed E-state index contributed by atoms with van der Waals surface area (Å²) < 4.78 is 0. The number of carbonyl (C=O) groups is 1. The SMILES string of the molecule is C[C@@H]1NC(=O)C(C)(C)[C@H]1C. The molecule has 0 aromatic rings. The van der Waals surface area contributed by atoms with Gasteiger partial charge in [0.1, 0.15) is 0 Å². The Hall–Kier alpha value is -0.530. The van der Waals surface area contributed by atoms with Crippen molar-refractivity contribution in [3.05, 3.63) is 0 Å². The summed E-state index contributed by atoms with van der Waals surface area (Å²) >= 11 is 0. The van der Waals surface area contributed by atoms with Gasteiger partial charge in [-0.2, -0.15) is 0 Å². The van der Waals surface area contributed by atoms with Crippen LogP contribution in [0.2, 0.25) is 0 Å². The molecule has 0 radical (unpaired) electrons. The van der Waals surface area contributed by atoms with Crippen molar-refractivity contribution in [2.45, 2.75) is 33.7 Å². The van der Waals surface area contributed by atoms with E-state index < -0.39 is 0 Å². The normalized spacial score (nSPS) is 37.8. The fourth-order valence-corrected chi connectivity index (χ4v) is 1.35. The van der Waals surface area contributed by atoms with E-state index in [9.17, 15) is 4.79 Å². The molecule has 1 N–H and O–H groups in total. The highest BCUT2D eigenvalue weighted by Crippen LogP contribution is 2.34. The van der Waals surface area contributed by atoms with Crippen molar-refractivity contribution < 1.29 is 4.79 Å². The molecule has 1 heterocycles. The van der Waals surface area contributed by atoms with Crippen molar-refractivity contribution in [3.63, 3.8) is 0 Å². The Kier molecular flexibility index (Phi) is 1.50. The highest BCUT2D eigenvalue weighted by atomic mass is 16.2. The van der Waals surface area contributed by atoms with Crippen LogP contribution in [0.5, 0.6) is 0 Å². The largest absolute Gasteiger partial charge is 0.353 e. The Morgan fingerprint density at radius 1 is 1.40 bits per heavy atom. The molecule has 58 valence electrons. The zero-order chi connectivity index (χ0) is 7.94. The van der Waals surface area contributed by atoms with Crippen molar-refractivity contribution in [1.29, 1.82) is 0 Å². The average molecular weight is 141 g/mol. The molecule has 2 nitrogen and oxygen atoms in total. The van der Waals surface area contributed by atoms with E-state index >= 15 is 0 Å². The molecule has 0 unspecified atom stereocenters. The summed E-state index contributed by atoms with van der Waals surface area (Å²) in [7, 11) is 0. The summed E-state index contributed by atoms with van der Waals surface area (Å²) in [6, 6.07) is 0.336. The van der Waals surface area contributed by atoms with Crippen LogP contribution in [0.15, 0.2) is 0 Å². The predicted molar refractivity (Wildman–Crippen MR) is 40.5 cm³/mol. The van der Waals surface area contributed by atoms with Crippen LogP contribution in [0, 0.1) is 11.3 Å². The van der Waals surface area contributed by atoms with Crippen LogP contribution in [0.25, 0.3) is 0 Å². The first kappa shape index (κ1) is 7.58. The van der Waals surface area contributed by atoms with Crippen LogP contribution in [0.4, 0.5) is 0 Å². The maximum Gasteiger partial charge on any atom is 0.226 e. The average Bonchev–Trinajstić information content (AvgIpc) is 1.97. The van der Waals surface area contributed by atoms with Crippen molar-refractivity contribution in [2.75, 3.05) is 0 Å². The van der Waals surface area contributed by atoms with Gasteiger partial charge in [-0.25, -0.2) is 0 Å². The molecule has 1 saturated heterocycles. The van der Waals surface area contributed by atoms with E-state index in [-0.39, 0.29) is 11.3 Å². The van der Waals surface area contributed by atoms with Crippen LogP contribution in [0.3, 0.4) is 0 Å². The molecule has 1 fully saturated rings. The number of rotatable bonds is 0. The van der Waals surface area contributed by atoms with Gasteiger partial charge in [0.25, 0.3) is 0 Å². The molecule has 0 bridgehead atoms. The molecular weight excluding hydrogens is 126 g/mol. The van der Waals surface area contributed by atoms with Gasteiger partial charge in [-0.15, -0.1) is 0 Å². The van der Waals surface area contributed by atoms with Gasteiger partial charge in [0.05, 0.1) is 0 Å². The number of hydrogen-bond donors (Lipinski definition) is 1. The quantitative estimate of drug-likeness (QED) is 0.539. The number of hydrogen-bond acceptors (Lipinski definition) is 1. The second kappa shape index (κ2) is 1.97. The highest BCUT2D eigenvalue weighted by Gasteiger charge is 2.43. The zero-order valence-electron chi connectivity index (χ0n) is 7.06. The summed E-state index contributed by atoms with van der Waals surface area (Å²) in [5.74, 6) is 0.632. The van der Waals surface area contributed by atoms with Gasteiger partial charge < -0.3 is 5.32 Å². The molecule has 0 aromatic heterocycles. The number of amides is 1. The smallest absolute Gasteiger partial charge is 0.226 e. The van der Waals surface area contributed by atoms with Gasteiger partial charge in [0, 0.05) is 11.5 Å². The second-order valence-corrected chi connectivity index (χ2v) is 3.77. The first-order valence-corrected chi connectivity index (χ1v) is 3.77. The van der Waals surface area contributed by atoms with Crippen LogP contribution in [-0.4, -0.2) is 11.9 Å². The Labute approximate surface area is 62.0 Å². The summed E-state index contributed by atoms with van der Waals surface area (Å²) in [5.41, 5.74) is -0.167. The minimum atomic E-state index is -0.167. The third kappa shape index (κ3) is 0.825. The maximum absolute atomic E-state index is 11.2. The first-order valence-electron chi connectivity index (χ1n) is 3.77. The van der Waals surface area contributed by atoms with Crippen molar-refractivity contribution >= 4 is 5.91 Å². The van der Waals surface area contributed by atoms with E-state index in [1.807, 2.05) is 13.8 Å². The lowest BCUT2D eigenvalue weighted by Crippen LogP contribution is -2.27. The molecule has 2 heteroatoms. The minimum Gasteiger partial charge on any atom is -0.353 e. The molecular formula is C8H15NO. The third-order valence-corrected chi connectivity index (χ3v) is 2.83. The fourth-order valence-electron chi connectivity index (χ4n) is 1.35. The van der Waals surface area contributed by atoms with E-state index in [1.165, 1.54) is 0 Å².